The molecule has 1 aromatic heterocycles. The van der Waals surface area contributed by atoms with Gasteiger partial charge in [0.2, 0.25) is 0 Å². The van der Waals surface area contributed by atoms with E-state index in [0.717, 1.165) is 11.5 Å². The number of aromatic nitrogens is 2. The maximum Gasteiger partial charge on any atom is 0.141 e. The van der Waals surface area contributed by atoms with E-state index in [9.17, 15) is 0 Å². The zero-order chi connectivity index (χ0) is 7.56. The van der Waals surface area contributed by atoms with Crippen molar-refractivity contribution < 1.29 is 0 Å². The average Bonchev–Trinajstić information content (AvgIpc) is 1.88. The quantitative estimate of drug-likeness (QED) is 0.562. The first-order valence-corrected chi connectivity index (χ1v) is 4.38. The summed E-state index contributed by atoms with van der Waals surface area (Å²) in [5.41, 5.74) is 1.04. The first-order chi connectivity index (χ1) is 4.70. The van der Waals surface area contributed by atoms with Gasteiger partial charge in [-0.15, -0.1) is 0 Å². The van der Waals surface area contributed by atoms with Crippen molar-refractivity contribution in [2.75, 3.05) is 0 Å². The molecule has 1 aromatic rings. The van der Waals surface area contributed by atoms with E-state index in [4.69, 9.17) is 0 Å². The Kier molecular flexibility index (Phi) is 2.59. The first kappa shape index (κ1) is 7.91. The Labute approximate surface area is 74.2 Å². The molecule has 0 bridgehead atoms. The predicted molar refractivity (Wildman–Crippen MR) is 49.2 cm³/mol. The van der Waals surface area contributed by atoms with Gasteiger partial charge in [0.05, 0.1) is 3.92 Å². The zero-order valence-corrected chi connectivity index (χ0v) is 8.16. The van der Waals surface area contributed by atoms with Crippen LogP contribution in [0.1, 0.15) is 22.4 Å². The van der Waals surface area contributed by atoms with E-state index < -0.39 is 0 Å². The number of hydrogen-bond acceptors (Lipinski definition) is 2. The van der Waals surface area contributed by atoms with Crippen molar-refractivity contribution in [3.63, 3.8) is 0 Å². The maximum atomic E-state index is 4.25. The molecular formula is C7H9IN2. The molecule has 1 rings (SSSR count). The van der Waals surface area contributed by atoms with E-state index in [2.05, 4.69) is 39.5 Å². The molecule has 0 aliphatic carbocycles. The van der Waals surface area contributed by atoms with E-state index in [-0.39, 0.29) is 0 Å². The van der Waals surface area contributed by atoms with Gasteiger partial charge in [-0.2, -0.15) is 0 Å². The number of alkyl halides is 1. The Hall–Kier alpha value is -0.190. The van der Waals surface area contributed by atoms with Crippen molar-refractivity contribution in [2.24, 2.45) is 0 Å². The summed E-state index contributed by atoms with van der Waals surface area (Å²) in [5, 5.41) is 0. The van der Waals surface area contributed by atoms with Crippen LogP contribution >= 0.6 is 22.6 Å². The van der Waals surface area contributed by atoms with Gasteiger partial charge in [0, 0.05) is 11.9 Å². The Morgan fingerprint density at radius 1 is 1.60 bits per heavy atom. The number of rotatable bonds is 1. The van der Waals surface area contributed by atoms with Gasteiger partial charge in [0.25, 0.3) is 0 Å². The van der Waals surface area contributed by atoms with Gasteiger partial charge < -0.3 is 0 Å². The number of halogens is 1. The fourth-order valence-corrected chi connectivity index (χ4v) is 0.960. The molecule has 3 heteroatoms. The molecule has 0 aromatic carbocycles. The van der Waals surface area contributed by atoms with Gasteiger partial charge in [-0.1, -0.05) is 22.6 Å². The summed E-state index contributed by atoms with van der Waals surface area (Å²) in [4.78, 5) is 8.37. The second-order valence-electron chi connectivity index (χ2n) is 2.17. The summed E-state index contributed by atoms with van der Waals surface area (Å²) < 4.78 is 0.400. The molecule has 1 unspecified atom stereocenters. The molecule has 0 radical (unpaired) electrons. The van der Waals surface area contributed by atoms with Crippen LogP contribution in [0.3, 0.4) is 0 Å². The van der Waals surface area contributed by atoms with Crippen molar-refractivity contribution in [3.05, 3.63) is 23.8 Å². The second-order valence-corrected chi connectivity index (χ2v) is 4.04. The molecule has 10 heavy (non-hydrogen) atoms. The minimum absolute atomic E-state index is 0.400. The number of hydrogen-bond donors (Lipinski definition) is 0. The fraction of sp³-hybridized carbons (Fsp3) is 0.429. The van der Waals surface area contributed by atoms with Gasteiger partial charge in [0.15, 0.2) is 0 Å². The first-order valence-electron chi connectivity index (χ1n) is 3.14. The normalized spacial score (nSPS) is 13.1. The SMILES string of the molecule is Cc1ccnc(C(C)I)n1. The summed E-state index contributed by atoms with van der Waals surface area (Å²) >= 11 is 2.30. The van der Waals surface area contributed by atoms with Crippen molar-refractivity contribution in [3.8, 4) is 0 Å². The summed E-state index contributed by atoms with van der Waals surface area (Å²) in [6.07, 6.45) is 1.80. The Bertz CT molecular complexity index is 223. The van der Waals surface area contributed by atoms with E-state index in [0.29, 0.717) is 3.92 Å². The molecule has 1 heterocycles. The third-order valence-corrected chi connectivity index (χ3v) is 1.73. The van der Waals surface area contributed by atoms with E-state index >= 15 is 0 Å². The smallest absolute Gasteiger partial charge is 0.141 e. The third kappa shape index (κ3) is 1.90. The molecule has 0 aliphatic heterocycles. The highest BCUT2D eigenvalue weighted by molar-refractivity contribution is 14.1. The lowest BCUT2D eigenvalue weighted by atomic mass is 10.4. The zero-order valence-electron chi connectivity index (χ0n) is 6.00. The van der Waals surface area contributed by atoms with Crippen LogP contribution in [0.4, 0.5) is 0 Å². The lowest BCUT2D eigenvalue weighted by molar-refractivity contribution is 0.921. The van der Waals surface area contributed by atoms with Gasteiger partial charge in [-0.25, -0.2) is 9.97 Å². The second kappa shape index (κ2) is 3.27. The topological polar surface area (TPSA) is 25.8 Å². The van der Waals surface area contributed by atoms with Crippen molar-refractivity contribution >= 4 is 22.6 Å². The Balaban J connectivity index is 2.96. The Morgan fingerprint density at radius 3 is 2.70 bits per heavy atom. The number of nitrogens with zero attached hydrogens (tertiary/aromatic N) is 2. The van der Waals surface area contributed by atoms with E-state index in [1.54, 1.807) is 6.20 Å². The van der Waals surface area contributed by atoms with Crippen LogP contribution in [-0.2, 0) is 0 Å². The highest BCUT2D eigenvalue weighted by atomic mass is 127. The highest BCUT2D eigenvalue weighted by Gasteiger charge is 2.01. The highest BCUT2D eigenvalue weighted by Crippen LogP contribution is 2.17. The molecule has 0 aliphatic rings. The van der Waals surface area contributed by atoms with Gasteiger partial charge in [-0.05, 0) is 19.9 Å². The summed E-state index contributed by atoms with van der Waals surface area (Å²) in [7, 11) is 0. The largest absolute Gasteiger partial charge is 0.240 e. The predicted octanol–water partition coefficient (Wildman–Crippen LogP) is 2.28. The van der Waals surface area contributed by atoms with Gasteiger partial charge in [0.1, 0.15) is 5.82 Å². The van der Waals surface area contributed by atoms with Crippen LogP contribution in [0.15, 0.2) is 12.3 Å². The van der Waals surface area contributed by atoms with E-state index in [1.807, 2.05) is 13.0 Å². The minimum atomic E-state index is 0.400. The van der Waals surface area contributed by atoms with Crippen LogP contribution in [0.5, 0.6) is 0 Å². The van der Waals surface area contributed by atoms with Gasteiger partial charge in [-0.3, -0.25) is 0 Å². The number of aryl methyl sites for hydroxylation is 1. The molecule has 2 nitrogen and oxygen atoms in total. The maximum absolute atomic E-state index is 4.25. The standard InChI is InChI=1S/C7H9IN2/c1-5-3-4-9-7(10-5)6(2)8/h3-4,6H,1-2H3. The molecule has 0 spiro atoms. The molecule has 0 fully saturated rings. The van der Waals surface area contributed by atoms with Crippen molar-refractivity contribution in [2.45, 2.75) is 17.8 Å². The lowest BCUT2D eigenvalue weighted by Gasteiger charge is -2.00. The third-order valence-electron chi connectivity index (χ3n) is 1.17. The molecule has 54 valence electrons. The molecule has 1 atom stereocenters. The lowest BCUT2D eigenvalue weighted by Crippen LogP contribution is -1.94. The van der Waals surface area contributed by atoms with Crippen LogP contribution in [0.25, 0.3) is 0 Å². The minimum Gasteiger partial charge on any atom is -0.240 e. The van der Waals surface area contributed by atoms with Gasteiger partial charge >= 0.3 is 0 Å². The summed E-state index contributed by atoms with van der Waals surface area (Å²) in [6.45, 7) is 4.06. The van der Waals surface area contributed by atoms with E-state index in [1.165, 1.54) is 0 Å². The molecular weight excluding hydrogens is 239 g/mol. The Morgan fingerprint density at radius 2 is 2.30 bits per heavy atom. The van der Waals surface area contributed by atoms with Crippen molar-refractivity contribution in [1.82, 2.24) is 9.97 Å². The van der Waals surface area contributed by atoms with Crippen molar-refractivity contribution in [1.29, 1.82) is 0 Å². The average molecular weight is 248 g/mol. The summed E-state index contributed by atoms with van der Waals surface area (Å²) in [6, 6.07) is 1.91. The van der Waals surface area contributed by atoms with Crippen LogP contribution in [0.2, 0.25) is 0 Å². The monoisotopic (exact) mass is 248 g/mol. The molecule has 0 saturated heterocycles. The van der Waals surface area contributed by atoms with Crippen LogP contribution in [-0.4, -0.2) is 9.97 Å². The summed E-state index contributed by atoms with van der Waals surface area (Å²) in [5.74, 6) is 0.917. The molecule has 0 N–H and O–H groups in total. The van der Waals surface area contributed by atoms with Crippen LogP contribution in [0, 0.1) is 6.92 Å². The van der Waals surface area contributed by atoms with Crippen LogP contribution < -0.4 is 0 Å². The fourth-order valence-electron chi connectivity index (χ4n) is 0.660. The molecule has 0 saturated carbocycles. The molecule has 0 amide bonds.